The second kappa shape index (κ2) is 8.71. The Kier molecular flexibility index (Phi) is 6.29. The van der Waals surface area contributed by atoms with Crippen molar-refractivity contribution in [3.05, 3.63) is 52.8 Å². The highest BCUT2D eigenvalue weighted by Gasteiger charge is 2.30. The molecular formula is C20H22ClFN4O4S2. The molecule has 0 atom stereocenters. The van der Waals surface area contributed by atoms with E-state index in [1.54, 1.807) is 19.1 Å². The van der Waals surface area contributed by atoms with Crippen LogP contribution in [0.1, 0.15) is 12.0 Å². The molecule has 1 fully saturated rings. The first-order valence-electron chi connectivity index (χ1n) is 9.95. The molecule has 0 amide bonds. The number of hydrogen-bond acceptors (Lipinski definition) is 6. The Morgan fingerprint density at radius 1 is 1.12 bits per heavy atom. The number of rotatable bonds is 4. The number of anilines is 1. The summed E-state index contributed by atoms with van der Waals surface area (Å²) in [6.45, 7) is 3.27. The zero-order chi connectivity index (χ0) is 23.1. The van der Waals surface area contributed by atoms with Crippen molar-refractivity contribution in [2.45, 2.75) is 23.1 Å². The lowest BCUT2D eigenvalue weighted by molar-refractivity contribution is 0.324. The minimum atomic E-state index is -3.88. The Morgan fingerprint density at radius 2 is 1.91 bits per heavy atom. The molecule has 0 radical (unpaired) electrons. The molecule has 8 nitrogen and oxygen atoms in total. The minimum absolute atomic E-state index is 0.0207. The number of amidine groups is 1. The summed E-state index contributed by atoms with van der Waals surface area (Å²) >= 11 is 5.90. The van der Waals surface area contributed by atoms with Crippen molar-refractivity contribution in [3.63, 3.8) is 0 Å². The molecule has 2 heterocycles. The highest BCUT2D eigenvalue weighted by Crippen LogP contribution is 2.30. The van der Waals surface area contributed by atoms with E-state index in [0.29, 0.717) is 35.8 Å². The summed E-state index contributed by atoms with van der Waals surface area (Å²) in [4.78, 5) is 1.92. The molecule has 1 saturated heterocycles. The summed E-state index contributed by atoms with van der Waals surface area (Å²) in [6.07, 6.45) is 0.541. The maximum absolute atomic E-state index is 13.7. The maximum atomic E-state index is 13.7. The molecule has 1 N–H and O–H groups in total. The lowest BCUT2D eigenvalue weighted by Gasteiger charge is -2.25. The molecule has 12 heteroatoms. The number of nitrogens with zero attached hydrogens (tertiary/aromatic N) is 3. The fourth-order valence-electron chi connectivity index (χ4n) is 3.80. The van der Waals surface area contributed by atoms with Crippen LogP contribution in [0, 0.1) is 12.7 Å². The quantitative estimate of drug-likeness (QED) is 0.693. The SMILES string of the molecule is Cc1ccc(F)cc1S(=O)(=O)N1CCCN(CC2=NS(=O)(=O)c3cc(Cl)ccc3N2)CC1. The van der Waals surface area contributed by atoms with Gasteiger partial charge in [-0.3, -0.25) is 4.90 Å². The van der Waals surface area contributed by atoms with Gasteiger partial charge in [-0.1, -0.05) is 17.7 Å². The molecule has 32 heavy (non-hydrogen) atoms. The fourth-order valence-corrected chi connectivity index (χ4v) is 6.91. The van der Waals surface area contributed by atoms with Crippen LogP contribution < -0.4 is 5.32 Å². The third-order valence-electron chi connectivity index (χ3n) is 5.42. The van der Waals surface area contributed by atoms with Crippen LogP contribution in [0.5, 0.6) is 0 Å². The van der Waals surface area contributed by atoms with E-state index >= 15 is 0 Å². The van der Waals surface area contributed by atoms with Gasteiger partial charge in [0.25, 0.3) is 10.0 Å². The normalized spacial score (nSPS) is 19.5. The summed E-state index contributed by atoms with van der Waals surface area (Å²) in [7, 11) is -7.73. The van der Waals surface area contributed by atoms with Gasteiger partial charge in [0.15, 0.2) is 0 Å². The predicted octanol–water partition coefficient (Wildman–Crippen LogP) is 2.70. The Labute approximate surface area is 191 Å². The predicted molar refractivity (Wildman–Crippen MR) is 121 cm³/mol. The van der Waals surface area contributed by atoms with E-state index in [4.69, 9.17) is 11.6 Å². The van der Waals surface area contributed by atoms with E-state index in [1.807, 2.05) is 4.90 Å². The molecule has 0 aromatic heterocycles. The van der Waals surface area contributed by atoms with E-state index in [2.05, 4.69) is 9.71 Å². The average Bonchev–Trinajstić information content (AvgIpc) is 2.96. The summed E-state index contributed by atoms with van der Waals surface area (Å²) in [5.74, 6) is -0.341. The summed E-state index contributed by atoms with van der Waals surface area (Å²) in [5.41, 5.74) is 0.886. The molecule has 0 unspecified atom stereocenters. The first-order valence-corrected chi connectivity index (χ1v) is 13.2. The van der Waals surface area contributed by atoms with Crippen molar-refractivity contribution in [2.75, 3.05) is 38.0 Å². The molecule has 0 bridgehead atoms. The lowest BCUT2D eigenvalue weighted by atomic mass is 10.2. The van der Waals surface area contributed by atoms with Crippen molar-refractivity contribution in [1.82, 2.24) is 9.21 Å². The Balaban J connectivity index is 1.48. The lowest BCUT2D eigenvalue weighted by Crippen LogP contribution is -2.39. The smallest absolute Gasteiger partial charge is 0.286 e. The molecule has 2 aliphatic rings. The van der Waals surface area contributed by atoms with Gasteiger partial charge in [-0.05, 0) is 55.8 Å². The van der Waals surface area contributed by atoms with Crippen LogP contribution >= 0.6 is 11.6 Å². The van der Waals surface area contributed by atoms with Crippen LogP contribution in [-0.4, -0.2) is 64.6 Å². The number of hydrogen-bond donors (Lipinski definition) is 1. The largest absolute Gasteiger partial charge is 0.341 e. The number of aryl methyl sites for hydroxylation is 1. The van der Waals surface area contributed by atoms with E-state index in [1.165, 1.54) is 22.5 Å². The van der Waals surface area contributed by atoms with Gasteiger partial charge >= 0.3 is 0 Å². The van der Waals surface area contributed by atoms with Crippen molar-refractivity contribution in [3.8, 4) is 0 Å². The van der Waals surface area contributed by atoms with E-state index in [0.717, 1.165) is 6.07 Å². The number of fused-ring (bicyclic) bond motifs is 1. The molecule has 2 aliphatic heterocycles. The van der Waals surface area contributed by atoms with Gasteiger partial charge in [0, 0.05) is 24.7 Å². The Morgan fingerprint density at radius 3 is 2.69 bits per heavy atom. The summed E-state index contributed by atoms with van der Waals surface area (Å²) in [5, 5.41) is 3.33. The second-order valence-corrected chi connectivity index (χ2v) is 11.6. The third-order valence-corrected chi connectivity index (χ3v) is 9.05. The van der Waals surface area contributed by atoms with E-state index in [-0.39, 0.29) is 35.3 Å². The van der Waals surface area contributed by atoms with Gasteiger partial charge in [0.05, 0.1) is 17.1 Å². The minimum Gasteiger partial charge on any atom is -0.341 e. The molecular weight excluding hydrogens is 479 g/mol. The van der Waals surface area contributed by atoms with Gasteiger partial charge in [-0.2, -0.15) is 12.7 Å². The van der Waals surface area contributed by atoms with Crippen LogP contribution in [0.4, 0.5) is 10.1 Å². The average molecular weight is 501 g/mol. The Hall–Kier alpha value is -2.05. The summed E-state index contributed by atoms with van der Waals surface area (Å²) < 4.78 is 70.1. The zero-order valence-electron chi connectivity index (χ0n) is 17.3. The molecule has 0 aliphatic carbocycles. The van der Waals surface area contributed by atoms with E-state index in [9.17, 15) is 21.2 Å². The Bertz CT molecular complexity index is 1300. The monoisotopic (exact) mass is 500 g/mol. The van der Waals surface area contributed by atoms with Crippen LogP contribution in [0.15, 0.2) is 50.6 Å². The molecule has 0 spiro atoms. The number of benzene rings is 2. The van der Waals surface area contributed by atoms with Crippen molar-refractivity contribution in [1.29, 1.82) is 0 Å². The zero-order valence-corrected chi connectivity index (χ0v) is 19.6. The van der Waals surface area contributed by atoms with E-state index < -0.39 is 25.9 Å². The van der Waals surface area contributed by atoms with Gasteiger partial charge in [-0.15, -0.1) is 4.40 Å². The first-order chi connectivity index (χ1) is 15.1. The molecule has 0 saturated carbocycles. The molecule has 2 aromatic rings. The van der Waals surface area contributed by atoms with Crippen molar-refractivity contribution < 1.29 is 21.2 Å². The molecule has 172 valence electrons. The topological polar surface area (TPSA) is 99.2 Å². The van der Waals surface area contributed by atoms with Crippen molar-refractivity contribution >= 4 is 43.2 Å². The van der Waals surface area contributed by atoms with Gasteiger partial charge < -0.3 is 5.32 Å². The molecule has 2 aromatic carbocycles. The van der Waals surface area contributed by atoms with Gasteiger partial charge in [0.1, 0.15) is 16.5 Å². The van der Waals surface area contributed by atoms with Crippen LogP contribution in [0.2, 0.25) is 5.02 Å². The highest BCUT2D eigenvalue weighted by atomic mass is 35.5. The van der Waals surface area contributed by atoms with Crippen molar-refractivity contribution in [2.24, 2.45) is 4.40 Å². The second-order valence-electron chi connectivity index (χ2n) is 7.72. The summed E-state index contributed by atoms with van der Waals surface area (Å²) in [6, 6.07) is 8.25. The maximum Gasteiger partial charge on any atom is 0.286 e. The standard InChI is InChI=1S/C20H22ClFN4O4S2/c1-14-3-5-16(22)12-18(14)32(29,30)26-8-2-7-25(9-10-26)13-20-23-17-6-4-15(21)11-19(17)31(27,28)24-20/h3-6,11-12H,2,7-10,13H2,1H3,(H,23,24). The first kappa shape index (κ1) is 23.1. The van der Waals surface area contributed by atoms with Gasteiger partial charge in [-0.25, -0.2) is 12.8 Å². The number of halogens is 2. The number of sulfonamides is 2. The van der Waals surface area contributed by atoms with Crippen LogP contribution in [0.3, 0.4) is 0 Å². The third kappa shape index (κ3) is 4.67. The van der Waals surface area contributed by atoms with Crippen LogP contribution in [0.25, 0.3) is 0 Å². The fraction of sp³-hybridized carbons (Fsp3) is 0.350. The van der Waals surface area contributed by atoms with Gasteiger partial charge in [0.2, 0.25) is 10.0 Å². The number of nitrogens with one attached hydrogen (secondary N) is 1. The highest BCUT2D eigenvalue weighted by molar-refractivity contribution is 7.90. The molecule has 4 rings (SSSR count). The van der Waals surface area contributed by atoms with Crippen LogP contribution in [-0.2, 0) is 20.0 Å².